The van der Waals surface area contributed by atoms with Gasteiger partial charge in [-0.1, -0.05) is 38.3 Å². The van der Waals surface area contributed by atoms with Crippen molar-refractivity contribution in [2.45, 2.75) is 51.6 Å². The molecule has 0 radical (unpaired) electrons. The molecule has 116 valence electrons. The molecule has 0 spiro atoms. The van der Waals surface area contributed by atoms with Crippen LogP contribution in [0.2, 0.25) is 0 Å². The summed E-state index contributed by atoms with van der Waals surface area (Å²) in [5.74, 6) is 0.814. The second-order valence-electron chi connectivity index (χ2n) is 5.80. The SMILES string of the molecule is CCN(Cc1cc(B(O)O)ccc1OC)C1CCCCC1. The quantitative estimate of drug-likeness (QED) is 0.781. The van der Waals surface area contributed by atoms with Crippen LogP contribution in [-0.4, -0.2) is 41.8 Å². The molecule has 0 unspecified atom stereocenters. The van der Waals surface area contributed by atoms with Gasteiger partial charge in [0.2, 0.25) is 0 Å². The first-order valence-electron chi connectivity index (χ1n) is 7.92. The maximum absolute atomic E-state index is 9.35. The van der Waals surface area contributed by atoms with Crippen LogP contribution in [0.4, 0.5) is 0 Å². The van der Waals surface area contributed by atoms with E-state index in [1.807, 2.05) is 12.1 Å². The molecule has 0 atom stereocenters. The molecule has 1 aliphatic rings. The predicted molar refractivity (Wildman–Crippen MR) is 85.8 cm³/mol. The van der Waals surface area contributed by atoms with Crippen LogP contribution in [0, 0.1) is 0 Å². The van der Waals surface area contributed by atoms with Crippen molar-refractivity contribution >= 4 is 12.6 Å². The standard InChI is InChI=1S/C16H26BNO3/c1-3-18(15-7-5-4-6-8-15)12-13-11-14(17(19)20)9-10-16(13)21-2/h9-11,15,19-20H,3-8,12H2,1-2H3. The van der Waals surface area contributed by atoms with Crippen LogP contribution >= 0.6 is 0 Å². The van der Waals surface area contributed by atoms with E-state index in [0.717, 1.165) is 24.4 Å². The Labute approximate surface area is 127 Å². The molecule has 0 amide bonds. The predicted octanol–water partition coefficient (Wildman–Crippen LogP) is 1.53. The molecule has 1 aromatic carbocycles. The monoisotopic (exact) mass is 291 g/mol. The number of hydrogen-bond acceptors (Lipinski definition) is 4. The molecule has 1 saturated carbocycles. The van der Waals surface area contributed by atoms with Crippen molar-refractivity contribution in [3.8, 4) is 5.75 Å². The Morgan fingerprint density at radius 2 is 1.95 bits per heavy atom. The van der Waals surface area contributed by atoms with E-state index in [4.69, 9.17) is 4.74 Å². The van der Waals surface area contributed by atoms with Crippen LogP contribution < -0.4 is 10.2 Å². The summed E-state index contributed by atoms with van der Waals surface area (Å²) in [6.07, 6.45) is 6.50. The minimum absolute atomic E-state index is 0.519. The number of nitrogens with zero attached hydrogens (tertiary/aromatic N) is 1. The Hall–Kier alpha value is -1.04. The molecule has 0 saturated heterocycles. The van der Waals surface area contributed by atoms with E-state index in [-0.39, 0.29) is 0 Å². The third-order valence-electron chi connectivity index (χ3n) is 4.47. The van der Waals surface area contributed by atoms with Crippen molar-refractivity contribution in [2.24, 2.45) is 0 Å². The molecule has 21 heavy (non-hydrogen) atoms. The topological polar surface area (TPSA) is 52.9 Å². The van der Waals surface area contributed by atoms with E-state index in [1.165, 1.54) is 32.1 Å². The molecule has 0 bridgehead atoms. The van der Waals surface area contributed by atoms with E-state index in [2.05, 4.69) is 11.8 Å². The average molecular weight is 291 g/mol. The van der Waals surface area contributed by atoms with Crippen LogP contribution in [0.1, 0.15) is 44.6 Å². The second-order valence-corrected chi connectivity index (χ2v) is 5.80. The number of rotatable bonds is 6. The van der Waals surface area contributed by atoms with Gasteiger partial charge >= 0.3 is 7.12 Å². The van der Waals surface area contributed by atoms with Crippen molar-refractivity contribution in [3.63, 3.8) is 0 Å². The molecule has 0 aliphatic heterocycles. The molecular formula is C16H26BNO3. The van der Waals surface area contributed by atoms with Gasteiger partial charge in [-0.3, -0.25) is 4.90 Å². The Bertz CT molecular complexity index is 447. The second kappa shape index (κ2) is 7.83. The lowest BCUT2D eigenvalue weighted by Gasteiger charge is -2.34. The van der Waals surface area contributed by atoms with Gasteiger partial charge in [0.15, 0.2) is 0 Å². The van der Waals surface area contributed by atoms with Crippen molar-refractivity contribution in [1.82, 2.24) is 4.90 Å². The molecule has 1 fully saturated rings. The van der Waals surface area contributed by atoms with E-state index >= 15 is 0 Å². The summed E-state index contributed by atoms with van der Waals surface area (Å²) in [7, 11) is 0.226. The molecule has 0 aromatic heterocycles. The Morgan fingerprint density at radius 1 is 1.24 bits per heavy atom. The number of ether oxygens (including phenoxy) is 1. The molecule has 1 aliphatic carbocycles. The number of methoxy groups -OCH3 is 1. The van der Waals surface area contributed by atoms with Gasteiger partial charge in [-0.05, 0) is 30.9 Å². The fourth-order valence-corrected chi connectivity index (χ4v) is 3.25. The van der Waals surface area contributed by atoms with E-state index in [1.54, 1.807) is 13.2 Å². The zero-order valence-corrected chi connectivity index (χ0v) is 13.1. The third-order valence-corrected chi connectivity index (χ3v) is 4.47. The van der Waals surface area contributed by atoms with Gasteiger partial charge in [-0.25, -0.2) is 0 Å². The molecule has 5 heteroatoms. The first-order valence-corrected chi connectivity index (χ1v) is 7.92. The van der Waals surface area contributed by atoms with Gasteiger partial charge in [0, 0.05) is 18.2 Å². The molecule has 4 nitrogen and oxygen atoms in total. The van der Waals surface area contributed by atoms with Gasteiger partial charge in [0.1, 0.15) is 5.75 Å². The summed E-state index contributed by atoms with van der Waals surface area (Å²) >= 11 is 0. The van der Waals surface area contributed by atoms with Crippen LogP contribution in [0.3, 0.4) is 0 Å². The highest BCUT2D eigenvalue weighted by Crippen LogP contribution is 2.26. The first kappa shape index (κ1) is 16.3. The lowest BCUT2D eigenvalue weighted by molar-refractivity contribution is 0.154. The fourth-order valence-electron chi connectivity index (χ4n) is 3.25. The summed E-state index contributed by atoms with van der Waals surface area (Å²) in [6.45, 7) is 3.98. The van der Waals surface area contributed by atoms with Gasteiger partial charge in [0.05, 0.1) is 7.11 Å². The molecular weight excluding hydrogens is 265 g/mol. The highest BCUT2D eigenvalue weighted by molar-refractivity contribution is 6.58. The molecule has 2 N–H and O–H groups in total. The Kier molecular flexibility index (Phi) is 6.09. The van der Waals surface area contributed by atoms with E-state index in [9.17, 15) is 10.0 Å². The van der Waals surface area contributed by atoms with Crippen molar-refractivity contribution < 1.29 is 14.8 Å². The van der Waals surface area contributed by atoms with Crippen LogP contribution in [0.5, 0.6) is 5.75 Å². The lowest BCUT2D eigenvalue weighted by Crippen LogP contribution is -2.37. The Morgan fingerprint density at radius 3 is 2.52 bits per heavy atom. The molecule has 0 heterocycles. The van der Waals surface area contributed by atoms with Crippen molar-refractivity contribution in [3.05, 3.63) is 23.8 Å². The minimum atomic E-state index is -1.43. The summed E-state index contributed by atoms with van der Waals surface area (Å²) < 4.78 is 5.42. The maximum Gasteiger partial charge on any atom is 0.488 e. The number of hydrogen-bond donors (Lipinski definition) is 2. The van der Waals surface area contributed by atoms with Gasteiger partial charge in [-0.2, -0.15) is 0 Å². The summed E-state index contributed by atoms with van der Waals surface area (Å²) in [6, 6.07) is 5.99. The largest absolute Gasteiger partial charge is 0.496 e. The van der Waals surface area contributed by atoms with Crippen molar-refractivity contribution in [2.75, 3.05) is 13.7 Å². The highest BCUT2D eigenvalue weighted by Gasteiger charge is 2.22. The average Bonchev–Trinajstić information content (AvgIpc) is 2.53. The molecule has 2 rings (SSSR count). The summed E-state index contributed by atoms with van der Waals surface area (Å²) in [5.41, 5.74) is 1.54. The Balaban J connectivity index is 2.16. The first-order chi connectivity index (χ1) is 10.2. The van der Waals surface area contributed by atoms with Crippen LogP contribution in [0.15, 0.2) is 18.2 Å². The van der Waals surface area contributed by atoms with Crippen molar-refractivity contribution in [1.29, 1.82) is 0 Å². The molecule has 1 aromatic rings. The maximum atomic E-state index is 9.35. The van der Waals surface area contributed by atoms with E-state index in [0.29, 0.717) is 11.5 Å². The zero-order valence-electron chi connectivity index (χ0n) is 13.1. The smallest absolute Gasteiger partial charge is 0.488 e. The third kappa shape index (κ3) is 4.22. The highest BCUT2D eigenvalue weighted by atomic mass is 16.5. The van der Waals surface area contributed by atoms with Gasteiger partial charge in [-0.15, -0.1) is 0 Å². The zero-order chi connectivity index (χ0) is 15.2. The minimum Gasteiger partial charge on any atom is -0.496 e. The summed E-state index contributed by atoms with van der Waals surface area (Å²) in [5, 5.41) is 18.7. The normalized spacial score (nSPS) is 16.2. The van der Waals surface area contributed by atoms with Gasteiger partial charge < -0.3 is 14.8 Å². The van der Waals surface area contributed by atoms with Crippen LogP contribution in [0.25, 0.3) is 0 Å². The summed E-state index contributed by atoms with van der Waals surface area (Å²) in [4.78, 5) is 2.48. The van der Waals surface area contributed by atoms with E-state index < -0.39 is 7.12 Å². The fraction of sp³-hybridized carbons (Fsp3) is 0.625. The number of benzene rings is 1. The lowest BCUT2D eigenvalue weighted by atomic mass is 9.79. The van der Waals surface area contributed by atoms with Gasteiger partial charge in [0.25, 0.3) is 0 Å². The van der Waals surface area contributed by atoms with Crippen LogP contribution in [-0.2, 0) is 6.54 Å².